The quantitative estimate of drug-likeness (QED) is 0.337. The number of ether oxygens (including phenoxy) is 1. The summed E-state index contributed by atoms with van der Waals surface area (Å²) in [6.45, 7) is 7.76. The van der Waals surface area contributed by atoms with Gasteiger partial charge in [-0.15, -0.1) is 0 Å². The number of fused-ring (bicyclic) bond motifs is 1. The van der Waals surface area contributed by atoms with Crippen molar-refractivity contribution in [3.8, 4) is 11.3 Å². The molecule has 2 aliphatic heterocycles. The molecule has 5 heterocycles. The monoisotopic (exact) mass is 518 g/mol. The van der Waals surface area contributed by atoms with E-state index in [1.54, 1.807) is 16.2 Å². The van der Waals surface area contributed by atoms with Crippen molar-refractivity contribution in [1.29, 1.82) is 0 Å². The van der Waals surface area contributed by atoms with Crippen molar-refractivity contribution in [2.45, 2.75) is 44.6 Å². The molecule has 6 rings (SSSR count). The maximum Gasteiger partial charge on any atom is 0.229 e. The third-order valence-electron chi connectivity index (χ3n) is 7.16. The smallest absolute Gasteiger partial charge is 0.229 e. The van der Waals surface area contributed by atoms with Crippen LogP contribution in [-0.4, -0.2) is 64.2 Å². The van der Waals surface area contributed by atoms with Gasteiger partial charge in [-0.1, -0.05) is 54.6 Å². The summed E-state index contributed by atoms with van der Waals surface area (Å²) >= 11 is 1.64. The molecule has 9 nitrogen and oxygen atoms in total. The van der Waals surface area contributed by atoms with Gasteiger partial charge in [-0.3, -0.25) is 4.79 Å². The van der Waals surface area contributed by atoms with Crippen LogP contribution in [0.15, 0.2) is 40.9 Å². The van der Waals surface area contributed by atoms with Crippen LogP contribution in [0.4, 0.5) is 5.13 Å². The summed E-state index contributed by atoms with van der Waals surface area (Å²) in [5.41, 5.74) is 3.96. The Morgan fingerprint density at radius 2 is 1.84 bits per heavy atom. The lowest BCUT2D eigenvalue weighted by atomic mass is 9.97. The number of nitrogens with zero attached hydrogens (tertiary/aromatic N) is 6. The van der Waals surface area contributed by atoms with Crippen molar-refractivity contribution in [3.63, 3.8) is 0 Å². The molecule has 0 saturated carbocycles. The average molecular weight is 519 g/mol. The van der Waals surface area contributed by atoms with Crippen molar-refractivity contribution < 1.29 is 14.1 Å². The maximum absolute atomic E-state index is 11.1. The first kappa shape index (κ1) is 24.0. The van der Waals surface area contributed by atoms with Crippen molar-refractivity contribution in [2.24, 2.45) is 0 Å². The molecule has 1 amide bonds. The number of carbonyl (C=O) groups is 1. The third-order valence-corrected chi connectivity index (χ3v) is 8.18. The minimum Gasteiger partial charge on any atom is -0.370 e. The van der Waals surface area contributed by atoms with E-state index in [4.69, 9.17) is 19.2 Å². The number of aromatic nitrogens is 4. The van der Waals surface area contributed by atoms with E-state index in [-0.39, 0.29) is 12.0 Å². The number of piperidine rings is 1. The molecular formula is C27H30N6O3S. The van der Waals surface area contributed by atoms with Crippen LogP contribution in [0, 0.1) is 0 Å². The Labute approximate surface area is 219 Å². The van der Waals surface area contributed by atoms with Crippen molar-refractivity contribution in [2.75, 3.05) is 37.7 Å². The summed E-state index contributed by atoms with van der Waals surface area (Å²) in [6.07, 6.45) is 2.74. The summed E-state index contributed by atoms with van der Waals surface area (Å²) in [6, 6.07) is 12.4. The van der Waals surface area contributed by atoms with E-state index in [2.05, 4.69) is 59.2 Å². The van der Waals surface area contributed by atoms with E-state index >= 15 is 0 Å². The zero-order valence-electron chi connectivity index (χ0n) is 21.0. The van der Waals surface area contributed by atoms with Gasteiger partial charge in [0.15, 0.2) is 11.0 Å². The molecule has 0 N–H and O–H groups in total. The molecule has 37 heavy (non-hydrogen) atoms. The Morgan fingerprint density at radius 1 is 1.03 bits per heavy atom. The van der Waals surface area contributed by atoms with E-state index in [1.165, 1.54) is 0 Å². The molecule has 1 atom stereocenters. The van der Waals surface area contributed by atoms with Crippen LogP contribution < -0.4 is 4.90 Å². The Morgan fingerprint density at radius 3 is 2.57 bits per heavy atom. The minimum absolute atomic E-state index is 0.0891. The molecule has 4 aromatic rings. The van der Waals surface area contributed by atoms with Gasteiger partial charge in [0, 0.05) is 37.0 Å². The average Bonchev–Trinajstić information content (AvgIpc) is 3.61. The van der Waals surface area contributed by atoms with Gasteiger partial charge in [0.2, 0.25) is 12.3 Å². The fourth-order valence-corrected chi connectivity index (χ4v) is 5.89. The first-order valence-electron chi connectivity index (χ1n) is 12.8. The van der Waals surface area contributed by atoms with E-state index in [0.717, 1.165) is 76.4 Å². The summed E-state index contributed by atoms with van der Waals surface area (Å²) in [7, 11) is 0. The Kier molecular flexibility index (Phi) is 6.60. The highest BCUT2D eigenvalue weighted by Crippen LogP contribution is 2.35. The zero-order chi connectivity index (χ0) is 25.4. The first-order valence-corrected chi connectivity index (χ1v) is 13.7. The summed E-state index contributed by atoms with van der Waals surface area (Å²) in [4.78, 5) is 30.6. The normalized spacial score (nSPS) is 19.2. The molecule has 0 aliphatic carbocycles. The molecule has 0 spiro atoms. The lowest BCUT2D eigenvalue weighted by Gasteiger charge is -2.30. The molecule has 10 heteroatoms. The van der Waals surface area contributed by atoms with E-state index in [9.17, 15) is 4.79 Å². The van der Waals surface area contributed by atoms with Crippen molar-refractivity contribution >= 4 is 33.2 Å². The molecule has 3 aromatic heterocycles. The molecule has 2 aliphatic rings. The fraction of sp³-hybridized carbons (Fsp3) is 0.444. The number of thiazole rings is 1. The summed E-state index contributed by atoms with van der Waals surface area (Å²) < 4.78 is 11.4. The predicted octanol–water partition coefficient (Wildman–Crippen LogP) is 4.78. The van der Waals surface area contributed by atoms with Gasteiger partial charge < -0.3 is 19.1 Å². The highest BCUT2D eigenvalue weighted by atomic mass is 32.1. The van der Waals surface area contributed by atoms with Gasteiger partial charge >= 0.3 is 0 Å². The topological polar surface area (TPSA) is 97.5 Å². The lowest BCUT2D eigenvalue weighted by molar-refractivity contribution is -0.125. The number of pyridine rings is 1. The van der Waals surface area contributed by atoms with E-state index < -0.39 is 0 Å². The number of anilines is 1. The summed E-state index contributed by atoms with van der Waals surface area (Å²) in [5, 5.41) is 5.14. The van der Waals surface area contributed by atoms with E-state index in [1.807, 2.05) is 6.07 Å². The number of carbonyl (C=O) groups excluding carboxylic acids is 1. The predicted molar refractivity (Wildman–Crippen MR) is 142 cm³/mol. The Balaban J connectivity index is 1.13. The number of benzene rings is 1. The first-order chi connectivity index (χ1) is 18.1. The van der Waals surface area contributed by atoms with Crippen molar-refractivity contribution in [1.82, 2.24) is 25.0 Å². The number of rotatable bonds is 6. The van der Waals surface area contributed by atoms with Crippen LogP contribution in [0.5, 0.6) is 0 Å². The SMILES string of the molecule is CC(C)c1noc(C2CCN(c3nc4ccc(-c5ccc(C6CN(C=O)CCO6)cc5)nc4s3)CC2)n1. The van der Waals surface area contributed by atoms with Gasteiger partial charge in [0.1, 0.15) is 16.5 Å². The highest BCUT2D eigenvalue weighted by molar-refractivity contribution is 7.21. The maximum atomic E-state index is 11.1. The van der Waals surface area contributed by atoms with Crippen LogP contribution in [0.3, 0.4) is 0 Å². The molecule has 2 saturated heterocycles. The Hall–Kier alpha value is -3.37. The number of amides is 1. The third kappa shape index (κ3) is 4.95. The fourth-order valence-electron chi connectivity index (χ4n) is 4.90. The second kappa shape index (κ2) is 10.2. The van der Waals surface area contributed by atoms with Crippen LogP contribution >= 0.6 is 11.3 Å². The number of hydrogen-bond acceptors (Lipinski definition) is 9. The number of hydrogen-bond donors (Lipinski definition) is 0. The second-order valence-corrected chi connectivity index (χ2v) is 11.0. The lowest BCUT2D eigenvalue weighted by Crippen LogP contribution is -2.37. The van der Waals surface area contributed by atoms with Crippen LogP contribution in [0.2, 0.25) is 0 Å². The van der Waals surface area contributed by atoms with Crippen LogP contribution in [0.25, 0.3) is 21.6 Å². The standard InChI is InChI=1S/C27H30N6O3S/c1-17(2)24-30-25(36-31-24)20-9-11-33(12-10-20)27-29-22-8-7-21(28-26(22)37-27)18-3-5-19(6-4-18)23-15-32(16-34)13-14-35-23/h3-8,16-17,20,23H,9-15H2,1-2H3. The van der Waals surface area contributed by atoms with Gasteiger partial charge in [0.05, 0.1) is 18.8 Å². The summed E-state index contributed by atoms with van der Waals surface area (Å²) in [5.74, 6) is 2.13. The van der Waals surface area contributed by atoms with E-state index in [0.29, 0.717) is 25.6 Å². The zero-order valence-corrected chi connectivity index (χ0v) is 21.9. The molecule has 0 bridgehead atoms. The number of morpholine rings is 1. The van der Waals surface area contributed by atoms with Gasteiger partial charge in [0.25, 0.3) is 0 Å². The van der Waals surface area contributed by atoms with Crippen LogP contribution in [-0.2, 0) is 9.53 Å². The highest BCUT2D eigenvalue weighted by Gasteiger charge is 2.27. The Bertz CT molecular complexity index is 1380. The van der Waals surface area contributed by atoms with Gasteiger partial charge in [-0.25, -0.2) is 9.97 Å². The molecular weight excluding hydrogens is 488 g/mol. The largest absolute Gasteiger partial charge is 0.370 e. The van der Waals surface area contributed by atoms with Gasteiger partial charge in [-0.2, -0.15) is 4.98 Å². The van der Waals surface area contributed by atoms with Crippen LogP contribution in [0.1, 0.15) is 61.9 Å². The minimum atomic E-state index is -0.0891. The molecule has 1 unspecified atom stereocenters. The van der Waals surface area contributed by atoms with Crippen molar-refractivity contribution in [3.05, 3.63) is 53.7 Å². The second-order valence-electron chi connectivity index (χ2n) is 10.0. The van der Waals surface area contributed by atoms with Gasteiger partial charge in [-0.05, 0) is 30.5 Å². The molecule has 2 fully saturated rings. The molecule has 0 radical (unpaired) electrons. The molecule has 1 aromatic carbocycles. The molecule has 192 valence electrons.